The van der Waals surface area contributed by atoms with Crippen LogP contribution >= 0.6 is 48.0 Å². The molecule has 0 aliphatic carbocycles. The summed E-state index contributed by atoms with van der Waals surface area (Å²) in [4.78, 5) is 96.0. The molecule has 0 bridgehead atoms. The zero-order chi connectivity index (χ0) is 50.7. The Bertz CT molecular complexity index is 2120. The average Bonchev–Trinajstić information content (AvgIpc) is 3.67. The van der Waals surface area contributed by atoms with E-state index >= 15 is 0 Å². The van der Waals surface area contributed by atoms with Gasteiger partial charge < -0.3 is 46.2 Å². The Hall–Kier alpha value is -4.14. The molecule has 6 amide bonds. The van der Waals surface area contributed by atoms with Gasteiger partial charge in [-0.1, -0.05) is 113 Å². The number of nitrogens with one attached hydrogen (secondary N) is 5. The highest BCUT2D eigenvalue weighted by Gasteiger charge is 2.56. The molecular weight excluding hydrogens is 963 g/mol. The summed E-state index contributed by atoms with van der Waals surface area (Å²) in [5.74, 6) is -0.558. The van der Waals surface area contributed by atoms with E-state index in [2.05, 4.69) is 26.6 Å². The molecular formula is C51H71N9O6S4. The summed E-state index contributed by atoms with van der Waals surface area (Å²) in [6.07, 6.45) is 2.93. The van der Waals surface area contributed by atoms with Crippen LogP contribution in [0.25, 0.3) is 0 Å². The van der Waals surface area contributed by atoms with Crippen molar-refractivity contribution in [2.45, 2.75) is 127 Å². The normalized spacial score (nSPS) is 26.9. The maximum atomic E-state index is 14.8. The third-order valence-electron chi connectivity index (χ3n) is 14.9. The Morgan fingerprint density at radius 3 is 1.53 bits per heavy atom. The van der Waals surface area contributed by atoms with Crippen LogP contribution in [0.2, 0.25) is 0 Å². The van der Waals surface area contributed by atoms with Gasteiger partial charge in [0.05, 0.1) is 21.8 Å². The van der Waals surface area contributed by atoms with Crippen LogP contribution in [0, 0.1) is 16.7 Å². The summed E-state index contributed by atoms with van der Waals surface area (Å²) >= 11 is 14.7. The molecule has 5 aliphatic rings. The molecule has 5 N–H and O–H groups in total. The van der Waals surface area contributed by atoms with Gasteiger partial charge in [0.15, 0.2) is 0 Å². The number of thiocarbonyl (C=S) groups is 2. The molecule has 2 aromatic carbocycles. The van der Waals surface area contributed by atoms with Crippen molar-refractivity contribution in [3.63, 3.8) is 0 Å². The Balaban J connectivity index is 1.06. The molecule has 19 heteroatoms. The van der Waals surface area contributed by atoms with Gasteiger partial charge in [0.2, 0.25) is 35.4 Å². The first-order valence-electron chi connectivity index (χ1n) is 24.6. The van der Waals surface area contributed by atoms with Crippen LogP contribution in [-0.4, -0.2) is 158 Å². The highest BCUT2D eigenvalue weighted by atomic mass is 32.2. The molecule has 5 heterocycles. The van der Waals surface area contributed by atoms with E-state index in [0.717, 1.165) is 16.4 Å². The topological polar surface area (TPSA) is 176 Å². The summed E-state index contributed by atoms with van der Waals surface area (Å²) < 4.78 is 0. The highest BCUT2D eigenvalue weighted by molar-refractivity contribution is 8.00. The number of nitrogens with zero attached hydrogens (tertiary/aromatic N) is 4. The second-order valence-corrected chi connectivity index (χ2v) is 24.2. The predicted octanol–water partition coefficient (Wildman–Crippen LogP) is 4.43. The van der Waals surface area contributed by atoms with E-state index in [1.54, 1.807) is 55.3 Å². The first-order chi connectivity index (χ1) is 33.3. The number of fused-ring (bicyclic) bond motifs is 2. The maximum absolute atomic E-state index is 14.8. The Morgan fingerprint density at radius 2 is 1.09 bits per heavy atom. The lowest BCUT2D eigenvalue weighted by Gasteiger charge is -2.39. The third-order valence-corrected chi connectivity index (χ3v) is 18.4. The average molecular weight is 1030 g/mol. The fraction of sp³-hybridized carbons (Fsp3) is 0.608. The van der Waals surface area contributed by atoms with Gasteiger partial charge in [-0.25, -0.2) is 0 Å². The third kappa shape index (κ3) is 11.5. The van der Waals surface area contributed by atoms with Crippen molar-refractivity contribution in [2.75, 3.05) is 51.8 Å². The van der Waals surface area contributed by atoms with E-state index in [9.17, 15) is 28.8 Å². The van der Waals surface area contributed by atoms with Gasteiger partial charge in [-0.2, -0.15) is 0 Å². The molecule has 0 spiro atoms. The molecule has 15 nitrogen and oxygen atoms in total. The second kappa shape index (κ2) is 22.7. The van der Waals surface area contributed by atoms with E-state index in [0.29, 0.717) is 48.2 Å². The Kier molecular flexibility index (Phi) is 17.4. The molecule has 7 rings (SSSR count). The highest BCUT2D eigenvalue weighted by Crippen LogP contribution is 2.48. The van der Waals surface area contributed by atoms with E-state index in [4.69, 9.17) is 24.4 Å². The van der Waals surface area contributed by atoms with Crippen molar-refractivity contribution in [1.29, 1.82) is 0 Å². The summed E-state index contributed by atoms with van der Waals surface area (Å²) in [6.45, 7) is 12.7. The first-order valence-corrected chi connectivity index (χ1v) is 27.5. The van der Waals surface area contributed by atoms with Gasteiger partial charge in [-0.05, 0) is 93.5 Å². The number of hydrogen-bond acceptors (Lipinski definition) is 12. The summed E-state index contributed by atoms with van der Waals surface area (Å²) in [7, 11) is 3.65. The van der Waals surface area contributed by atoms with Gasteiger partial charge in [-0.3, -0.25) is 28.8 Å². The number of carbonyl (C=O) groups excluding carboxylic acids is 6. The first kappa shape index (κ1) is 53.7. The van der Waals surface area contributed by atoms with Crippen LogP contribution < -0.4 is 26.6 Å². The van der Waals surface area contributed by atoms with Crippen LogP contribution in [0.1, 0.15) is 96.9 Å². The van der Waals surface area contributed by atoms with Crippen LogP contribution in [0.5, 0.6) is 0 Å². The standard InChI is InChI=1S/C51H71N9O6S4/c1-30(52-7)36(67)27-34-19-25-69-37-28-50(3,4)41(59(37)46(34)63)43(61)55-39(32-15-11-9-12-16-32)48(65)57-21-23-58(24-22-57)49(66)40(33-17-13-10-14-18-33)56-44(62)42-51(5,6)29-38-60(42)47(64)35(20-26-70-38)54-45(68)31(2)53-8/h9-18,30-31,34-35,37-42,52-53H,19-29H2,1-8H3,(H,54,68)(H,55,61)(H,56,62)/t30-,31-,34+,35-,37-,38-,39-,40-,41+,42+/m0/s1. The molecule has 10 atom stereocenters. The van der Waals surface area contributed by atoms with E-state index in [1.807, 2.05) is 104 Å². The van der Waals surface area contributed by atoms with Crippen molar-refractivity contribution in [3.8, 4) is 0 Å². The Labute approximate surface area is 432 Å². The molecule has 0 unspecified atom stereocenters. The number of carbonyl (C=O) groups is 6. The quantitative estimate of drug-likeness (QED) is 0.159. The minimum Gasteiger partial charge on any atom is -0.367 e. The number of rotatable bonds is 15. The van der Waals surface area contributed by atoms with Crippen molar-refractivity contribution in [1.82, 2.24) is 46.2 Å². The van der Waals surface area contributed by atoms with Gasteiger partial charge in [0.1, 0.15) is 30.2 Å². The van der Waals surface area contributed by atoms with E-state index in [-0.39, 0.29) is 84.5 Å². The fourth-order valence-electron chi connectivity index (χ4n) is 10.6. The predicted molar refractivity (Wildman–Crippen MR) is 285 cm³/mol. The van der Waals surface area contributed by atoms with Gasteiger partial charge >= 0.3 is 0 Å². The molecule has 2 aromatic rings. The molecule has 380 valence electrons. The van der Waals surface area contributed by atoms with Gasteiger partial charge in [0.25, 0.3) is 0 Å². The largest absolute Gasteiger partial charge is 0.367 e. The molecule has 5 fully saturated rings. The van der Waals surface area contributed by atoms with E-state index < -0.39 is 46.9 Å². The molecule has 70 heavy (non-hydrogen) atoms. The minimum absolute atomic E-state index is 0.0308. The lowest BCUT2D eigenvalue weighted by atomic mass is 9.83. The van der Waals surface area contributed by atoms with Crippen molar-refractivity contribution in [2.24, 2.45) is 16.7 Å². The number of hydrogen-bond donors (Lipinski definition) is 5. The van der Waals surface area contributed by atoms with Crippen molar-refractivity contribution < 1.29 is 28.8 Å². The number of piperazine rings is 1. The lowest BCUT2D eigenvalue weighted by molar-refractivity contribution is -0.147. The fourth-order valence-corrected chi connectivity index (χ4v) is 14.4. The maximum Gasteiger partial charge on any atom is 0.249 e. The summed E-state index contributed by atoms with van der Waals surface area (Å²) in [6, 6.07) is 13.7. The second-order valence-electron chi connectivity index (χ2n) is 20.7. The van der Waals surface area contributed by atoms with Gasteiger partial charge in [0, 0.05) is 43.0 Å². The zero-order valence-corrected chi connectivity index (χ0v) is 45.0. The SMILES string of the molecule is CN[C@@H](C)C(=S)C[C@H]1CCS[C@H]2CC(C)(C)[C@@H](C(=O)N[C@H](C(=O)N3CCN(C(=O)[C@@H](NC(=O)[C@H]4N5C(=O)[C@@H](NC(=S)[C@H](C)NC)CCS[C@H]5CC4(C)C)c4ccccc4)CC3)c3ccccc3)N2C1=O. The summed E-state index contributed by atoms with van der Waals surface area (Å²) in [5.41, 5.74) is 0.0300. The smallest absolute Gasteiger partial charge is 0.249 e. The molecule has 0 radical (unpaired) electrons. The Morgan fingerprint density at radius 1 is 0.657 bits per heavy atom. The molecule has 0 saturated carbocycles. The molecule has 0 aromatic heterocycles. The van der Waals surface area contributed by atoms with Gasteiger partial charge in [-0.15, -0.1) is 23.5 Å². The number of likely N-dealkylation sites (N-methyl/N-ethyl adjacent to an activating group) is 1. The number of amides is 6. The van der Waals surface area contributed by atoms with Crippen LogP contribution in [-0.2, 0) is 28.8 Å². The van der Waals surface area contributed by atoms with Crippen LogP contribution in [0.3, 0.4) is 0 Å². The zero-order valence-electron chi connectivity index (χ0n) is 41.7. The molecule has 5 saturated heterocycles. The monoisotopic (exact) mass is 1030 g/mol. The van der Waals surface area contributed by atoms with Crippen LogP contribution in [0.15, 0.2) is 60.7 Å². The van der Waals surface area contributed by atoms with E-state index in [1.165, 1.54) is 0 Å². The van der Waals surface area contributed by atoms with Crippen LogP contribution in [0.4, 0.5) is 0 Å². The van der Waals surface area contributed by atoms with Crippen molar-refractivity contribution >= 4 is 93.3 Å². The lowest BCUT2D eigenvalue weighted by Crippen LogP contribution is -2.59. The summed E-state index contributed by atoms with van der Waals surface area (Å²) in [5, 5.41) is 15.4. The molecule has 5 aliphatic heterocycles. The van der Waals surface area contributed by atoms with Crippen molar-refractivity contribution in [3.05, 3.63) is 71.8 Å². The number of benzene rings is 2. The minimum atomic E-state index is -1.06. The number of thioether (sulfide) groups is 2.